The maximum absolute atomic E-state index is 12.6. The molecular weight excluding hydrogens is 794 g/mol. The van der Waals surface area contributed by atoms with Gasteiger partial charge < -0.3 is 20.1 Å². The van der Waals surface area contributed by atoms with E-state index in [1.54, 1.807) is 0 Å². The third-order valence-corrected chi connectivity index (χ3v) is 11.0. The molecule has 0 aromatic rings. The highest BCUT2D eigenvalue weighted by atomic mass is 31.2. The summed E-state index contributed by atoms with van der Waals surface area (Å²) >= 11 is 0. The fraction of sp³-hybridized carbons (Fsp3) is 0.679. The molecular formula is C53H92NO7P. The highest BCUT2D eigenvalue weighted by Gasteiger charge is 2.25. The number of hydrogen-bond donors (Lipinski definition) is 2. The predicted octanol–water partition coefficient (Wildman–Crippen LogP) is 15.4. The van der Waals surface area contributed by atoms with E-state index >= 15 is 0 Å². The number of carbonyl (C=O) groups excluding carboxylic acids is 1. The summed E-state index contributed by atoms with van der Waals surface area (Å²) < 4.78 is 33.5. The monoisotopic (exact) mass is 886 g/mol. The largest absolute Gasteiger partial charge is 0.472 e. The van der Waals surface area contributed by atoms with Crippen molar-refractivity contribution in [1.29, 1.82) is 0 Å². The molecule has 3 N–H and O–H groups in total. The molecule has 0 amide bonds. The van der Waals surface area contributed by atoms with E-state index in [-0.39, 0.29) is 32.3 Å². The minimum atomic E-state index is -4.30. The Morgan fingerprint density at radius 2 is 0.903 bits per heavy atom. The van der Waals surface area contributed by atoms with E-state index in [2.05, 4.69) is 111 Å². The molecule has 0 aliphatic rings. The molecule has 2 unspecified atom stereocenters. The van der Waals surface area contributed by atoms with Gasteiger partial charge in [-0.05, 0) is 96.3 Å². The van der Waals surface area contributed by atoms with Crippen LogP contribution in [0.25, 0.3) is 0 Å². The Morgan fingerprint density at radius 3 is 1.35 bits per heavy atom. The van der Waals surface area contributed by atoms with Gasteiger partial charge in [-0.25, -0.2) is 4.57 Å². The summed E-state index contributed by atoms with van der Waals surface area (Å²) in [5.41, 5.74) is 5.38. The van der Waals surface area contributed by atoms with E-state index in [0.29, 0.717) is 13.0 Å². The minimum Gasteiger partial charge on any atom is -0.457 e. The van der Waals surface area contributed by atoms with E-state index in [1.165, 1.54) is 83.5 Å². The molecule has 9 heteroatoms. The number of phosphoric ester groups is 1. The van der Waals surface area contributed by atoms with E-state index < -0.39 is 13.9 Å². The zero-order valence-electron chi connectivity index (χ0n) is 39.6. The second-order valence-corrected chi connectivity index (χ2v) is 17.4. The van der Waals surface area contributed by atoms with Gasteiger partial charge in [0.25, 0.3) is 0 Å². The summed E-state index contributed by atoms with van der Waals surface area (Å²) in [6, 6.07) is 0. The zero-order valence-corrected chi connectivity index (χ0v) is 40.5. The number of phosphoric acid groups is 1. The number of unbranched alkanes of at least 4 members (excludes halogenated alkanes) is 17. The zero-order chi connectivity index (χ0) is 45.1. The van der Waals surface area contributed by atoms with Crippen LogP contribution in [0.3, 0.4) is 0 Å². The number of hydrogen-bond acceptors (Lipinski definition) is 7. The third-order valence-electron chi connectivity index (χ3n) is 9.99. The number of nitrogens with two attached hydrogens (primary N) is 1. The molecule has 0 bridgehead atoms. The van der Waals surface area contributed by atoms with Gasteiger partial charge in [0.2, 0.25) is 0 Å². The first-order chi connectivity index (χ1) is 30.4. The van der Waals surface area contributed by atoms with Crippen LogP contribution in [-0.2, 0) is 27.9 Å². The van der Waals surface area contributed by atoms with Crippen molar-refractivity contribution in [2.75, 3.05) is 33.0 Å². The lowest BCUT2D eigenvalue weighted by Gasteiger charge is -2.20. The minimum absolute atomic E-state index is 0.0860. The summed E-state index contributed by atoms with van der Waals surface area (Å²) in [4.78, 5) is 22.6. The Labute approximate surface area is 380 Å². The molecule has 0 spiro atoms. The molecule has 0 saturated carbocycles. The molecule has 0 heterocycles. The molecule has 2 atom stereocenters. The van der Waals surface area contributed by atoms with Crippen LogP contribution in [0, 0.1) is 0 Å². The van der Waals surface area contributed by atoms with Crippen molar-refractivity contribution in [3.8, 4) is 0 Å². The van der Waals surface area contributed by atoms with Crippen LogP contribution in [0.15, 0.2) is 97.2 Å². The van der Waals surface area contributed by atoms with Crippen LogP contribution in [0.4, 0.5) is 0 Å². The molecule has 0 aromatic carbocycles. The molecule has 356 valence electrons. The summed E-state index contributed by atoms with van der Waals surface area (Å²) in [6.07, 6.45) is 65.8. The Balaban J connectivity index is 4.08. The van der Waals surface area contributed by atoms with Gasteiger partial charge in [-0.3, -0.25) is 13.8 Å². The first-order valence-corrected chi connectivity index (χ1v) is 26.2. The molecule has 0 saturated heterocycles. The molecule has 0 rings (SSSR count). The van der Waals surface area contributed by atoms with Gasteiger partial charge in [0, 0.05) is 19.6 Å². The van der Waals surface area contributed by atoms with Crippen LogP contribution in [0.1, 0.15) is 194 Å². The van der Waals surface area contributed by atoms with Gasteiger partial charge in [-0.1, -0.05) is 188 Å². The lowest BCUT2D eigenvalue weighted by Crippen LogP contribution is -2.28. The van der Waals surface area contributed by atoms with Crippen LogP contribution in [-0.4, -0.2) is 49.9 Å². The quantitative estimate of drug-likeness (QED) is 0.0269. The lowest BCUT2D eigenvalue weighted by molar-refractivity contribution is -0.154. The van der Waals surface area contributed by atoms with Gasteiger partial charge in [0.15, 0.2) is 0 Å². The smallest absolute Gasteiger partial charge is 0.457 e. The van der Waals surface area contributed by atoms with Crippen molar-refractivity contribution >= 4 is 13.8 Å². The fourth-order valence-electron chi connectivity index (χ4n) is 6.38. The van der Waals surface area contributed by atoms with E-state index in [1.807, 2.05) is 0 Å². The SMILES string of the molecule is CC/C=C\C/C=C\C/C=C\C/C=C\C/C=C\C/C=C\CCCCCOCC(COP(=O)(O)OCCN)OC(=O)CCCCCCCCCCC/C=C\C/C=C\CCCCCCC. The van der Waals surface area contributed by atoms with E-state index in [0.717, 1.165) is 89.9 Å². The molecule has 0 aromatic heterocycles. The van der Waals surface area contributed by atoms with Crippen LogP contribution >= 0.6 is 7.82 Å². The molecule has 62 heavy (non-hydrogen) atoms. The Bertz CT molecular complexity index is 1270. The van der Waals surface area contributed by atoms with Crippen molar-refractivity contribution in [3.05, 3.63) is 97.2 Å². The van der Waals surface area contributed by atoms with Crippen LogP contribution in [0.2, 0.25) is 0 Å². The van der Waals surface area contributed by atoms with E-state index in [4.69, 9.17) is 24.3 Å². The van der Waals surface area contributed by atoms with Gasteiger partial charge in [-0.2, -0.15) is 0 Å². The maximum Gasteiger partial charge on any atom is 0.472 e. The second-order valence-electron chi connectivity index (χ2n) is 15.9. The Morgan fingerprint density at radius 1 is 0.500 bits per heavy atom. The molecule has 0 aliphatic heterocycles. The van der Waals surface area contributed by atoms with Crippen LogP contribution in [0.5, 0.6) is 0 Å². The van der Waals surface area contributed by atoms with E-state index in [9.17, 15) is 14.3 Å². The van der Waals surface area contributed by atoms with Gasteiger partial charge >= 0.3 is 13.8 Å². The highest BCUT2D eigenvalue weighted by Crippen LogP contribution is 2.43. The molecule has 0 fully saturated rings. The summed E-state index contributed by atoms with van der Waals surface area (Å²) in [7, 11) is -4.30. The summed E-state index contributed by atoms with van der Waals surface area (Å²) in [5, 5.41) is 0. The van der Waals surface area contributed by atoms with Crippen molar-refractivity contribution in [3.63, 3.8) is 0 Å². The predicted molar refractivity (Wildman–Crippen MR) is 265 cm³/mol. The number of rotatable bonds is 46. The topological polar surface area (TPSA) is 117 Å². The number of carbonyl (C=O) groups is 1. The van der Waals surface area contributed by atoms with Crippen LogP contribution < -0.4 is 5.73 Å². The Kier molecular flexibility index (Phi) is 47.4. The third kappa shape index (κ3) is 48.5. The van der Waals surface area contributed by atoms with Gasteiger partial charge in [-0.15, -0.1) is 0 Å². The first kappa shape index (κ1) is 59.4. The number of allylic oxidation sites excluding steroid dienone is 16. The Hall–Kier alpha value is -2.58. The van der Waals surface area contributed by atoms with Crippen molar-refractivity contribution < 1.29 is 32.8 Å². The molecule has 8 nitrogen and oxygen atoms in total. The van der Waals surface area contributed by atoms with Crippen molar-refractivity contribution in [1.82, 2.24) is 0 Å². The molecule has 0 aliphatic carbocycles. The number of ether oxygens (including phenoxy) is 2. The lowest BCUT2D eigenvalue weighted by atomic mass is 10.1. The van der Waals surface area contributed by atoms with Gasteiger partial charge in [0.1, 0.15) is 6.10 Å². The summed E-state index contributed by atoms with van der Waals surface area (Å²) in [5.74, 6) is -0.350. The number of esters is 1. The summed E-state index contributed by atoms with van der Waals surface area (Å²) in [6.45, 7) is 4.70. The van der Waals surface area contributed by atoms with Crippen molar-refractivity contribution in [2.24, 2.45) is 5.73 Å². The van der Waals surface area contributed by atoms with Gasteiger partial charge in [0.05, 0.1) is 19.8 Å². The average Bonchev–Trinajstić information content (AvgIpc) is 3.26. The normalized spacial score (nSPS) is 14.2. The maximum atomic E-state index is 12.6. The second kappa shape index (κ2) is 49.4. The fourth-order valence-corrected chi connectivity index (χ4v) is 7.15. The first-order valence-electron chi connectivity index (χ1n) is 24.7. The van der Waals surface area contributed by atoms with Crippen molar-refractivity contribution in [2.45, 2.75) is 200 Å². The standard InChI is InChI=1S/C53H92NO7P/c1-3-5-7-9-11-13-15-17-19-21-23-25-27-29-31-33-35-37-39-41-43-45-48-58-50-52(51-60-62(56,57)59-49-47-54)61-53(55)46-44-42-40-38-36-34-32-30-28-26-24-22-20-18-16-14-12-10-8-6-4-2/h5,7,11,13,16-19,22-25,29,31,35,37,52H,3-4,6,8-10,12,14-15,20-21,26-28,30,32-34,36,38-51,54H2,1-2H3,(H,56,57)/b7-5-,13-11-,18-16-,19-17-,24-22-,25-23-,31-29-,37-35-. The highest BCUT2D eigenvalue weighted by molar-refractivity contribution is 7.47. The molecule has 0 radical (unpaired) electrons. The average molecular weight is 886 g/mol.